The van der Waals surface area contributed by atoms with Gasteiger partial charge in [0.2, 0.25) is 0 Å². The Bertz CT molecular complexity index is 667. The summed E-state index contributed by atoms with van der Waals surface area (Å²) in [4.78, 5) is 6.14. The van der Waals surface area contributed by atoms with Gasteiger partial charge >= 0.3 is 0 Å². The van der Waals surface area contributed by atoms with Crippen LogP contribution in [0.3, 0.4) is 0 Å². The zero-order chi connectivity index (χ0) is 14.4. The molecule has 5 nitrogen and oxygen atoms in total. The molecule has 0 aliphatic rings. The SMILES string of the molecule is N#CCCN(c1ccccc1)c1ccc(N)c(C#N)n1. The van der Waals surface area contributed by atoms with Crippen molar-refractivity contribution in [3.05, 3.63) is 48.2 Å². The molecule has 2 N–H and O–H groups in total. The van der Waals surface area contributed by atoms with E-state index < -0.39 is 0 Å². The van der Waals surface area contributed by atoms with Crippen molar-refractivity contribution < 1.29 is 0 Å². The molecule has 0 bridgehead atoms. The van der Waals surface area contributed by atoms with Gasteiger partial charge in [-0.3, -0.25) is 0 Å². The van der Waals surface area contributed by atoms with E-state index >= 15 is 0 Å². The predicted molar refractivity (Wildman–Crippen MR) is 77.0 cm³/mol. The van der Waals surface area contributed by atoms with Gasteiger partial charge in [0.1, 0.15) is 11.9 Å². The fraction of sp³-hybridized carbons (Fsp3) is 0.133. The summed E-state index contributed by atoms with van der Waals surface area (Å²) >= 11 is 0. The molecule has 2 rings (SSSR count). The molecule has 20 heavy (non-hydrogen) atoms. The van der Waals surface area contributed by atoms with Crippen LogP contribution >= 0.6 is 0 Å². The molecule has 0 amide bonds. The zero-order valence-electron chi connectivity index (χ0n) is 10.8. The number of hydrogen-bond acceptors (Lipinski definition) is 5. The minimum absolute atomic E-state index is 0.195. The number of anilines is 3. The van der Waals surface area contributed by atoms with E-state index in [1.807, 2.05) is 41.3 Å². The predicted octanol–water partition coefficient (Wildman–Crippen LogP) is 2.59. The average molecular weight is 263 g/mol. The summed E-state index contributed by atoms with van der Waals surface area (Å²) in [5.74, 6) is 0.609. The van der Waals surface area contributed by atoms with Gasteiger partial charge < -0.3 is 10.6 Å². The average Bonchev–Trinajstić information content (AvgIpc) is 2.50. The molecule has 0 saturated heterocycles. The van der Waals surface area contributed by atoms with Crippen LogP contribution in [0.5, 0.6) is 0 Å². The standard InChI is InChI=1S/C15H13N5/c16-9-4-10-20(12-5-2-1-3-6-12)15-8-7-13(18)14(11-17)19-15/h1-3,5-8H,4,10,18H2. The lowest BCUT2D eigenvalue weighted by molar-refractivity contribution is 0.925. The number of aromatic nitrogens is 1. The topological polar surface area (TPSA) is 89.7 Å². The fourth-order valence-electron chi connectivity index (χ4n) is 1.85. The summed E-state index contributed by atoms with van der Waals surface area (Å²) in [7, 11) is 0. The molecule has 0 aliphatic heterocycles. The Labute approximate surface area is 117 Å². The highest BCUT2D eigenvalue weighted by atomic mass is 15.2. The molecule has 1 aromatic heterocycles. The van der Waals surface area contributed by atoms with Crippen molar-refractivity contribution in [2.24, 2.45) is 0 Å². The van der Waals surface area contributed by atoms with Crippen LogP contribution < -0.4 is 10.6 Å². The first-order valence-electron chi connectivity index (χ1n) is 6.12. The maximum atomic E-state index is 9.01. The van der Waals surface area contributed by atoms with Crippen molar-refractivity contribution in [1.82, 2.24) is 4.98 Å². The Kier molecular flexibility index (Phi) is 4.16. The van der Waals surface area contributed by atoms with Crippen LogP contribution in [-0.4, -0.2) is 11.5 Å². The summed E-state index contributed by atoms with van der Waals surface area (Å²) < 4.78 is 0. The number of hydrogen-bond donors (Lipinski definition) is 1. The van der Waals surface area contributed by atoms with Gasteiger partial charge in [-0.25, -0.2) is 4.98 Å². The quantitative estimate of drug-likeness (QED) is 0.915. The van der Waals surface area contributed by atoms with Crippen LogP contribution in [0, 0.1) is 22.7 Å². The molecular weight excluding hydrogens is 250 g/mol. The Balaban J connectivity index is 2.42. The maximum absolute atomic E-state index is 9.01. The van der Waals surface area contributed by atoms with E-state index in [1.54, 1.807) is 12.1 Å². The second-order valence-electron chi connectivity index (χ2n) is 4.11. The molecule has 0 saturated carbocycles. The van der Waals surface area contributed by atoms with Crippen LogP contribution in [0.15, 0.2) is 42.5 Å². The summed E-state index contributed by atoms with van der Waals surface area (Å²) in [6.45, 7) is 0.502. The number of rotatable bonds is 4. The third kappa shape index (κ3) is 2.85. The van der Waals surface area contributed by atoms with Crippen molar-refractivity contribution in [2.45, 2.75) is 6.42 Å². The zero-order valence-corrected chi connectivity index (χ0v) is 10.8. The van der Waals surface area contributed by atoms with E-state index in [0.29, 0.717) is 24.5 Å². The van der Waals surface area contributed by atoms with Crippen molar-refractivity contribution in [1.29, 1.82) is 10.5 Å². The van der Waals surface area contributed by atoms with Crippen LogP contribution in [0.4, 0.5) is 17.2 Å². The number of benzene rings is 1. The Morgan fingerprint density at radius 2 is 1.85 bits per heavy atom. The minimum Gasteiger partial charge on any atom is -0.396 e. The van der Waals surface area contributed by atoms with Gasteiger partial charge in [-0.15, -0.1) is 0 Å². The molecule has 0 radical (unpaired) electrons. The Morgan fingerprint density at radius 1 is 1.10 bits per heavy atom. The molecule has 1 heterocycles. The number of para-hydroxylation sites is 1. The highest BCUT2D eigenvalue weighted by molar-refractivity contribution is 5.63. The summed E-state index contributed by atoms with van der Waals surface area (Å²) in [6.07, 6.45) is 0.364. The lowest BCUT2D eigenvalue weighted by atomic mass is 10.2. The first kappa shape index (κ1) is 13.4. The third-order valence-corrected chi connectivity index (χ3v) is 2.81. The summed E-state index contributed by atoms with van der Waals surface area (Å²) in [5.41, 5.74) is 7.15. The van der Waals surface area contributed by atoms with E-state index in [2.05, 4.69) is 11.1 Å². The molecule has 0 atom stereocenters. The van der Waals surface area contributed by atoms with Gasteiger partial charge in [0.05, 0.1) is 18.2 Å². The van der Waals surface area contributed by atoms with E-state index in [4.69, 9.17) is 16.3 Å². The van der Waals surface area contributed by atoms with Gasteiger partial charge in [-0.05, 0) is 24.3 Å². The molecule has 0 spiro atoms. The third-order valence-electron chi connectivity index (χ3n) is 2.81. The fourth-order valence-corrected chi connectivity index (χ4v) is 1.85. The molecule has 5 heteroatoms. The molecular formula is C15H13N5. The monoisotopic (exact) mass is 263 g/mol. The molecule has 0 unspecified atom stereocenters. The largest absolute Gasteiger partial charge is 0.396 e. The van der Waals surface area contributed by atoms with E-state index in [9.17, 15) is 0 Å². The molecule has 0 aliphatic carbocycles. The van der Waals surface area contributed by atoms with Crippen LogP contribution in [0.1, 0.15) is 12.1 Å². The van der Waals surface area contributed by atoms with Crippen molar-refractivity contribution >= 4 is 17.2 Å². The first-order valence-corrected chi connectivity index (χ1v) is 6.12. The number of nitrogen functional groups attached to an aromatic ring is 1. The van der Waals surface area contributed by atoms with Gasteiger partial charge in [0.25, 0.3) is 0 Å². The van der Waals surface area contributed by atoms with Gasteiger partial charge in [-0.2, -0.15) is 10.5 Å². The van der Waals surface area contributed by atoms with E-state index in [-0.39, 0.29) is 5.69 Å². The van der Waals surface area contributed by atoms with Crippen molar-refractivity contribution in [3.63, 3.8) is 0 Å². The Morgan fingerprint density at radius 3 is 2.50 bits per heavy atom. The second kappa shape index (κ2) is 6.21. The van der Waals surface area contributed by atoms with Crippen LogP contribution in [0.2, 0.25) is 0 Å². The molecule has 98 valence electrons. The summed E-state index contributed by atoms with van der Waals surface area (Å²) in [6, 6.07) is 17.1. The number of nitriles is 2. The van der Waals surface area contributed by atoms with Crippen molar-refractivity contribution in [2.75, 3.05) is 17.2 Å². The number of pyridine rings is 1. The van der Waals surface area contributed by atoms with E-state index in [1.165, 1.54) is 0 Å². The van der Waals surface area contributed by atoms with Gasteiger partial charge in [0, 0.05) is 12.2 Å². The maximum Gasteiger partial charge on any atom is 0.165 e. The minimum atomic E-state index is 0.195. The number of nitrogens with zero attached hydrogens (tertiary/aromatic N) is 4. The highest BCUT2D eigenvalue weighted by Crippen LogP contribution is 2.25. The van der Waals surface area contributed by atoms with Gasteiger partial charge in [-0.1, -0.05) is 18.2 Å². The van der Waals surface area contributed by atoms with Crippen molar-refractivity contribution in [3.8, 4) is 12.1 Å². The molecule has 1 aromatic carbocycles. The van der Waals surface area contributed by atoms with Gasteiger partial charge in [0.15, 0.2) is 5.69 Å². The smallest absolute Gasteiger partial charge is 0.165 e. The first-order chi connectivity index (χ1) is 9.76. The van der Waals surface area contributed by atoms with E-state index in [0.717, 1.165) is 5.69 Å². The lowest BCUT2D eigenvalue weighted by Crippen LogP contribution is -2.19. The lowest BCUT2D eigenvalue weighted by Gasteiger charge is -2.23. The highest BCUT2D eigenvalue weighted by Gasteiger charge is 2.12. The second-order valence-corrected chi connectivity index (χ2v) is 4.11. The number of nitrogens with two attached hydrogens (primary N) is 1. The Hall–Kier alpha value is -3.05. The van der Waals surface area contributed by atoms with Crippen LogP contribution in [0.25, 0.3) is 0 Å². The normalized spacial score (nSPS) is 9.50. The summed E-state index contributed by atoms with van der Waals surface area (Å²) in [5, 5.41) is 17.8. The molecule has 2 aromatic rings. The van der Waals surface area contributed by atoms with Crippen LogP contribution in [-0.2, 0) is 0 Å². The molecule has 0 fully saturated rings.